The molecule has 0 heterocycles. The van der Waals surface area contributed by atoms with Crippen LogP contribution in [0.4, 0.5) is 4.39 Å². The minimum atomic E-state index is -0.450. The fraction of sp³-hybridized carbons (Fsp3) is 0.538. The van der Waals surface area contributed by atoms with E-state index in [1.54, 1.807) is 19.2 Å². The smallest absolute Gasteiger partial charge is 0.145 e. The molecule has 0 aromatic heterocycles. The van der Waals surface area contributed by atoms with Crippen LogP contribution in [0.5, 0.6) is 0 Å². The molecular formula is C13H19ClFNO. The van der Waals surface area contributed by atoms with E-state index in [2.05, 4.69) is 0 Å². The average molecular weight is 260 g/mol. The Balaban J connectivity index is 2.88. The predicted octanol–water partition coefficient (Wildman–Crippen LogP) is 3.16. The van der Waals surface area contributed by atoms with Crippen LogP contribution in [0, 0.1) is 5.82 Å². The molecule has 2 nitrogen and oxygen atoms in total. The molecule has 1 aromatic carbocycles. The van der Waals surface area contributed by atoms with Gasteiger partial charge in [-0.1, -0.05) is 30.7 Å². The molecule has 1 rings (SSSR count). The van der Waals surface area contributed by atoms with Crippen molar-refractivity contribution in [1.82, 2.24) is 0 Å². The van der Waals surface area contributed by atoms with E-state index in [1.165, 1.54) is 6.07 Å². The molecule has 2 N–H and O–H groups in total. The van der Waals surface area contributed by atoms with Crippen LogP contribution in [0.15, 0.2) is 18.2 Å². The third-order valence-corrected chi connectivity index (χ3v) is 3.72. The van der Waals surface area contributed by atoms with Crippen molar-refractivity contribution in [3.05, 3.63) is 34.6 Å². The second-order valence-corrected chi connectivity index (χ2v) is 4.80. The van der Waals surface area contributed by atoms with Gasteiger partial charge in [-0.05, 0) is 31.4 Å². The maximum Gasteiger partial charge on any atom is 0.145 e. The molecule has 2 atom stereocenters. The lowest BCUT2D eigenvalue weighted by Gasteiger charge is -2.33. The summed E-state index contributed by atoms with van der Waals surface area (Å²) in [6.45, 7) is 3.93. The van der Waals surface area contributed by atoms with Crippen molar-refractivity contribution in [2.75, 3.05) is 7.11 Å². The first-order valence-electron chi connectivity index (χ1n) is 5.68. The fourth-order valence-electron chi connectivity index (χ4n) is 1.72. The molecule has 0 saturated carbocycles. The second-order valence-electron chi connectivity index (χ2n) is 4.39. The Labute approximate surface area is 107 Å². The molecular weight excluding hydrogens is 241 g/mol. The molecule has 0 aliphatic rings. The molecule has 0 radical (unpaired) electrons. The van der Waals surface area contributed by atoms with Crippen LogP contribution in [-0.2, 0) is 11.2 Å². The number of benzene rings is 1. The largest absolute Gasteiger partial charge is 0.377 e. The van der Waals surface area contributed by atoms with Crippen molar-refractivity contribution < 1.29 is 9.13 Å². The van der Waals surface area contributed by atoms with Crippen LogP contribution in [0.25, 0.3) is 0 Å². The van der Waals surface area contributed by atoms with Gasteiger partial charge in [-0.25, -0.2) is 4.39 Å². The summed E-state index contributed by atoms with van der Waals surface area (Å²) >= 11 is 5.73. The Morgan fingerprint density at radius 1 is 1.53 bits per heavy atom. The topological polar surface area (TPSA) is 35.2 Å². The van der Waals surface area contributed by atoms with Gasteiger partial charge in [0.15, 0.2) is 0 Å². The molecule has 2 unspecified atom stereocenters. The van der Waals surface area contributed by atoms with Gasteiger partial charge in [0, 0.05) is 13.2 Å². The van der Waals surface area contributed by atoms with Gasteiger partial charge in [0.05, 0.1) is 10.6 Å². The highest BCUT2D eigenvalue weighted by molar-refractivity contribution is 6.30. The van der Waals surface area contributed by atoms with Crippen LogP contribution in [0.1, 0.15) is 25.8 Å². The monoisotopic (exact) mass is 259 g/mol. The Bertz CT molecular complexity index is 380. The van der Waals surface area contributed by atoms with E-state index in [9.17, 15) is 4.39 Å². The highest BCUT2D eigenvalue weighted by atomic mass is 35.5. The molecule has 17 heavy (non-hydrogen) atoms. The number of ether oxygens (including phenoxy) is 1. The lowest BCUT2D eigenvalue weighted by molar-refractivity contribution is -0.0186. The Morgan fingerprint density at radius 2 is 2.18 bits per heavy atom. The molecule has 0 aliphatic heterocycles. The normalized spacial score (nSPS) is 16.6. The third-order valence-electron chi connectivity index (χ3n) is 3.42. The Kier molecular flexibility index (Phi) is 4.92. The molecule has 0 fully saturated rings. The minimum Gasteiger partial charge on any atom is -0.377 e. The fourth-order valence-corrected chi connectivity index (χ4v) is 1.91. The van der Waals surface area contributed by atoms with E-state index in [0.717, 1.165) is 6.42 Å². The van der Waals surface area contributed by atoms with Gasteiger partial charge < -0.3 is 10.5 Å². The molecule has 4 heteroatoms. The number of hydrogen-bond acceptors (Lipinski definition) is 2. The summed E-state index contributed by atoms with van der Waals surface area (Å²) < 4.78 is 19.1. The van der Waals surface area contributed by atoms with Gasteiger partial charge in [-0.15, -0.1) is 0 Å². The summed E-state index contributed by atoms with van der Waals surface area (Å²) in [5.41, 5.74) is 6.17. The van der Waals surface area contributed by atoms with Crippen molar-refractivity contribution in [3.63, 3.8) is 0 Å². The van der Waals surface area contributed by atoms with Crippen LogP contribution in [0.3, 0.4) is 0 Å². The van der Waals surface area contributed by atoms with Gasteiger partial charge >= 0.3 is 0 Å². The van der Waals surface area contributed by atoms with Crippen molar-refractivity contribution in [2.45, 2.75) is 38.3 Å². The van der Waals surface area contributed by atoms with Crippen molar-refractivity contribution in [1.29, 1.82) is 0 Å². The molecule has 0 amide bonds. The van der Waals surface area contributed by atoms with Gasteiger partial charge in [-0.2, -0.15) is 0 Å². The molecule has 96 valence electrons. The van der Waals surface area contributed by atoms with Gasteiger partial charge in [0.1, 0.15) is 5.82 Å². The number of nitrogens with two attached hydrogens (primary N) is 1. The van der Waals surface area contributed by atoms with E-state index < -0.39 is 5.60 Å². The lowest BCUT2D eigenvalue weighted by Crippen LogP contribution is -2.48. The maximum atomic E-state index is 13.7. The number of rotatable bonds is 5. The van der Waals surface area contributed by atoms with Crippen molar-refractivity contribution in [3.8, 4) is 0 Å². The van der Waals surface area contributed by atoms with Gasteiger partial charge in [-0.3, -0.25) is 0 Å². The summed E-state index contributed by atoms with van der Waals surface area (Å²) in [6.07, 6.45) is 1.18. The standard InChI is InChI=1S/C13H19ClFNO/c1-4-13(2,17-3)11(16)8-9-6-5-7-10(14)12(9)15/h5-7,11H,4,8,16H2,1-3H3. The third kappa shape index (κ3) is 3.18. The molecule has 0 aliphatic carbocycles. The average Bonchev–Trinajstić information content (AvgIpc) is 2.33. The number of hydrogen-bond donors (Lipinski definition) is 1. The second kappa shape index (κ2) is 5.80. The van der Waals surface area contributed by atoms with Crippen LogP contribution >= 0.6 is 11.6 Å². The summed E-state index contributed by atoms with van der Waals surface area (Å²) in [5, 5.41) is 0.130. The maximum absolute atomic E-state index is 13.7. The summed E-state index contributed by atoms with van der Waals surface area (Å²) in [7, 11) is 1.62. The first-order valence-corrected chi connectivity index (χ1v) is 6.06. The van der Waals surface area contributed by atoms with Crippen LogP contribution < -0.4 is 5.73 Å². The van der Waals surface area contributed by atoms with E-state index in [1.807, 2.05) is 13.8 Å². The minimum absolute atomic E-state index is 0.130. The Morgan fingerprint density at radius 3 is 2.71 bits per heavy atom. The molecule has 1 aromatic rings. The summed E-state index contributed by atoms with van der Waals surface area (Å²) in [4.78, 5) is 0. The zero-order chi connectivity index (χ0) is 13.1. The van der Waals surface area contributed by atoms with Gasteiger partial charge in [0.2, 0.25) is 0 Å². The van der Waals surface area contributed by atoms with Crippen molar-refractivity contribution in [2.24, 2.45) is 5.73 Å². The van der Waals surface area contributed by atoms with Crippen LogP contribution in [-0.4, -0.2) is 18.8 Å². The predicted molar refractivity (Wildman–Crippen MR) is 68.8 cm³/mol. The first-order chi connectivity index (χ1) is 7.94. The first kappa shape index (κ1) is 14.4. The zero-order valence-corrected chi connectivity index (χ0v) is 11.2. The SMILES string of the molecule is CCC(C)(OC)C(N)Cc1cccc(Cl)c1F. The zero-order valence-electron chi connectivity index (χ0n) is 10.5. The molecule has 0 bridgehead atoms. The highest BCUT2D eigenvalue weighted by Crippen LogP contribution is 2.24. The quantitative estimate of drug-likeness (QED) is 0.882. The van der Waals surface area contributed by atoms with Gasteiger partial charge in [0.25, 0.3) is 0 Å². The number of methoxy groups -OCH3 is 1. The summed E-state index contributed by atoms with van der Waals surface area (Å²) in [6, 6.07) is 4.68. The Hall–Kier alpha value is -0.640. The van der Waals surface area contributed by atoms with E-state index in [-0.39, 0.29) is 16.9 Å². The summed E-state index contributed by atoms with van der Waals surface area (Å²) in [5.74, 6) is -0.390. The highest BCUT2D eigenvalue weighted by Gasteiger charge is 2.30. The number of halogens is 2. The van der Waals surface area contributed by atoms with E-state index in [4.69, 9.17) is 22.1 Å². The van der Waals surface area contributed by atoms with E-state index >= 15 is 0 Å². The molecule has 0 spiro atoms. The molecule has 0 saturated heterocycles. The van der Waals surface area contributed by atoms with Crippen molar-refractivity contribution >= 4 is 11.6 Å². The van der Waals surface area contributed by atoms with E-state index in [0.29, 0.717) is 12.0 Å². The van der Waals surface area contributed by atoms with Crippen LogP contribution in [0.2, 0.25) is 5.02 Å². The lowest BCUT2D eigenvalue weighted by atomic mass is 9.89.